The summed E-state index contributed by atoms with van der Waals surface area (Å²) in [5.41, 5.74) is 1.21. The molecular formula is C18H19ClN2O5S. The summed E-state index contributed by atoms with van der Waals surface area (Å²) in [5.74, 6) is -0.955. The molecule has 0 radical (unpaired) electrons. The molecule has 2 rings (SSSR count). The molecule has 144 valence electrons. The SMILES string of the molecule is COC(=O)c1ccc(CNC(=O)c2cc(S(=O)(=O)N(C)C)ccc2Cl)cc1. The van der Waals surface area contributed by atoms with Crippen LogP contribution in [0.3, 0.4) is 0 Å². The normalized spacial score (nSPS) is 11.3. The summed E-state index contributed by atoms with van der Waals surface area (Å²) >= 11 is 6.05. The van der Waals surface area contributed by atoms with Crippen molar-refractivity contribution in [3.05, 3.63) is 64.2 Å². The van der Waals surface area contributed by atoms with Gasteiger partial charge in [0.05, 0.1) is 28.2 Å². The van der Waals surface area contributed by atoms with Gasteiger partial charge in [-0.3, -0.25) is 4.79 Å². The Labute approximate surface area is 162 Å². The predicted molar refractivity (Wildman–Crippen MR) is 101 cm³/mol. The number of rotatable bonds is 6. The molecule has 0 saturated heterocycles. The second-order valence-corrected chi connectivity index (χ2v) is 8.36. The van der Waals surface area contributed by atoms with Crippen molar-refractivity contribution in [1.82, 2.24) is 9.62 Å². The van der Waals surface area contributed by atoms with E-state index in [-0.39, 0.29) is 22.0 Å². The Balaban J connectivity index is 2.15. The van der Waals surface area contributed by atoms with Crippen LogP contribution in [0, 0.1) is 0 Å². The summed E-state index contributed by atoms with van der Waals surface area (Å²) in [6.07, 6.45) is 0. The molecular weight excluding hydrogens is 392 g/mol. The number of sulfonamides is 1. The van der Waals surface area contributed by atoms with Crippen molar-refractivity contribution >= 4 is 33.5 Å². The molecule has 0 fully saturated rings. The van der Waals surface area contributed by atoms with Gasteiger partial charge in [0.15, 0.2) is 0 Å². The number of carbonyl (C=O) groups excluding carboxylic acids is 2. The molecule has 7 nitrogen and oxygen atoms in total. The summed E-state index contributed by atoms with van der Waals surface area (Å²) in [6, 6.07) is 10.5. The molecule has 0 unspecified atom stereocenters. The highest BCUT2D eigenvalue weighted by molar-refractivity contribution is 7.89. The maximum absolute atomic E-state index is 12.4. The van der Waals surface area contributed by atoms with Crippen LogP contribution in [0.25, 0.3) is 0 Å². The molecule has 1 amide bonds. The van der Waals surface area contributed by atoms with Gasteiger partial charge < -0.3 is 10.1 Å². The van der Waals surface area contributed by atoms with E-state index in [2.05, 4.69) is 10.1 Å². The van der Waals surface area contributed by atoms with Crippen LogP contribution < -0.4 is 5.32 Å². The van der Waals surface area contributed by atoms with E-state index >= 15 is 0 Å². The lowest BCUT2D eigenvalue weighted by atomic mass is 10.1. The molecule has 2 aromatic rings. The van der Waals surface area contributed by atoms with Gasteiger partial charge in [0.2, 0.25) is 10.0 Å². The average Bonchev–Trinajstić information content (AvgIpc) is 2.65. The molecule has 0 spiro atoms. The van der Waals surface area contributed by atoms with Crippen molar-refractivity contribution in [2.75, 3.05) is 21.2 Å². The van der Waals surface area contributed by atoms with Crippen LogP contribution >= 0.6 is 11.6 Å². The Hall–Kier alpha value is -2.42. The first-order chi connectivity index (χ1) is 12.7. The number of nitrogens with zero attached hydrogens (tertiary/aromatic N) is 1. The van der Waals surface area contributed by atoms with Crippen molar-refractivity contribution in [1.29, 1.82) is 0 Å². The van der Waals surface area contributed by atoms with Gasteiger partial charge in [0, 0.05) is 20.6 Å². The molecule has 0 aliphatic carbocycles. The molecule has 0 atom stereocenters. The molecule has 0 aliphatic rings. The van der Waals surface area contributed by atoms with Crippen molar-refractivity contribution in [3.8, 4) is 0 Å². The van der Waals surface area contributed by atoms with E-state index in [1.54, 1.807) is 24.3 Å². The lowest BCUT2D eigenvalue weighted by molar-refractivity contribution is 0.0600. The number of hydrogen-bond acceptors (Lipinski definition) is 5. The van der Waals surface area contributed by atoms with Crippen LogP contribution in [0.4, 0.5) is 0 Å². The van der Waals surface area contributed by atoms with E-state index in [0.717, 1.165) is 9.87 Å². The first-order valence-corrected chi connectivity index (χ1v) is 9.66. The smallest absolute Gasteiger partial charge is 0.337 e. The van der Waals surface area contributed by atoms with Gasteiger partial charge in [-0.1, -0.05) is 23.7 Å². The van der Waals surface area contributed by atoms with Gasteiger partial charge in [0.1, 0.15) is 0 Å². The highest BCUT2D eigenvalue weighted by atomic mass is 35.5. The maximum atomic E-state index is 12.4. The van der Waals surface area contributed by atoms with E-state index in [4.69, 9.17) is 11.6 Å². The zero-order valence-corrected chi connectivity index (χ0v) is 16.6. The van der Waals surface area contributed by atoms with Crippen LogP contribution in [0.1, 0.15) is 26.3 Å². The molecule has 0 saturated carbocycles. The number of esters is 1. The lowest BCUT2D eigenvalue weighted by Gasteiger charge is -2.13. The minimum atomic E-state index is -3.68. The van der Waals surface area contributed by atoms with Gasteiger partial charge in [-0.25, -0.2) is 17.5 Å². The molecule has 2 aromatic carbocycles. The minimum Gasteiger partial charge on any atom is -0.465 e. The third-order valence-corrected chi connectivity index (χ3v) is 5.93. The zero-order chi connectivity index (χ0) is 20.2. The Morgan fingerprint density at radius 2 is 1.74 bits per heavy atom. The number of hydrogen-bond donors (Lipinski definition) is 1. The Morgan fingerprint density at radius 1 is 1.11 bits per heavy atom. The maximum Gasteiger partial charge on any atom is 0.337 e. The molecule has 0 aliphatic heterocycles. The first-order valence-electron chi connectivity index (χ1n) is 7.84. The summed E-state index contributed by atoms with van der Waals surface area (Å²) in [6.45, 7) is 0.182. The van der Waals surface area contributed by atoms with Gasteiger partial charge >= 0.3 is 5.97 Å². The fourth-order valence-corrected chi connectivity index (χ4v) is 3.34. The summed E-state index contributed by atoms with van der Waals surface area (Å²) in [5, 5.41) is 2.82. The van der Waals surface area contributed by atoms with E-state index in [0.29, 0.717) is 5.56 Å². The Kier molecular flexibility index (Phi) is 6.59. The van der Waals surface area contributed by atoms with Crippen LogP contribution in [-0.2, 0) is 21.3 Å². The monoisotopic (exact) mass is 410 g/mol. The number of nitrogens with one attached hydrogen (secondary N) is 1. The Morgan fingerprint density at radius 3 is 2.30 bits per heavy atom. The molecule has 0 aromatic heterocycles. The standard InChI is InChI=1S/C18H19ClN2O5S/c1-21(2)27(24,25)14-8-9-16(19)15(10-14)17(22)20-11-12-4-6-13(7-5-12)18(23)26-3/h4-10H,11H2,1-3H3,(H,20,22). The molecule has 0 heterocycles. The molecule has 27 heavy (non-hydrogen) atoms. The zero-order valence-electron chi connectivity index (χ0n) is 15.0. The van der Waals surface area contributed by atoms with Crippen LogP contribution in [0.2, 0.25) is 5.02 Å². The van der Waals surface area contributed by atoms with Crippen LogP contribution in [0.5, 0.6) is 0 Å². The second-order valence-electron chi connectivity index (χ2n) is 5.80. The number of halogens is 1. The largest absolute Gasteiger partial charge is 0.465 e. The molecule has 0 bridgehead atoms. The second kappa shape index (κ2) is 8.51. The van der Waals surface area contributed by atoms with E-state index in [1.807, 2.05) is 0 Å². The average molecular weight is 411 g/mol. The summed E-state index contributed by atoms with van der Waals surface area (Å²) < 4.78 is 30.1. The predicted octanol–water partition coefficient (Wildman–Crippen LogP) is 2.31. The number of carbonyl (C=O) groups is 2. The van der Waals surface area contributed by atoms with Gasteiger partial charge in [0.25, 0.3) is 5.91 Å². The summed E-state index contributed by atoms with van der Waals surface area (Å²) in [4.78, 5) is 23.8. The van der Waals surface area contributed by atoms with Crippen molar-refractivity contribution in [2.45, 2.75) is 11.4 Å². The lowest BCUT2D eigenvalue weighted by Crippen LogP contribution is -2.25. The number of benzene rings is 2. The third kappa shape index (κ3) is 4.85. The van der Waals surface area contributed by atoms with E-state index < -0.39 is 21.9 Å². The third-order valence-electron chi connectivity index (χ3n) is 3.79. The fourth-order valence-electron chi connectivity index (χ4n) is 2.20. The van der Waals surface area contributed by atoms with Crippen molar-refractivity contribution in [3.63, 3.8) is 0 Å². The molecule has 9 heteroatoms. The fraction of sp³-hybridized carbons (Fsp3) is 0.222. The van der Waals surface area contributed by atoms with E-state index in [9.17, 15) is 18.0 Å². The first kappa shape index (κ1) is 20.9. The molecule has 1 N–H and O–H groups in total. The van der Waals surface area contributed by atoms with Crippen molar-refractivity contribution in [2.24, 2.45) is 0 Å². The van der Waals surface area contributed by atoms with Gasteiger partial charge in [-0.05, 0) is 35.9 Å². The van der Waals surface area contributed by atoms with Gasteiger partial charge in [-0.15, -0.1) is 0 Å². The van der Waals surface area contributed by atoms with Crippen LogP contribution in [-0.4, -0.2) is 45.8 Å². The number of amides is 1. The minimum absolute atomic E-state index is 0.0236. The van der Waals surface area contributed by atoms with E-state index in [1.165, 1.54) is 39.4 Å². The van der Waals surface area contributed by atoms with Crippen LogP contribution in [0.15, 0.2) is 47.4 Å². The number of ether oxygens (including phenoxy) is 1. The quantitative estimate of drug-likeness (QED) is 0.737. The topological polar surface area (TPSA) is 92.8 Å². The highest BCUT2D eigenvalue weighted by Crippen LogP contribution is 2.22. The van der Waals surface area contributed by atoms with Gasteiger partial charge in [-0.2, -0.15) is 0 Å². The van der Waals surface area contributed by atoms with Crippen molar-refractivity contribution < 1.29 is 22.7 Å². The Bertz CT molecular complexity index is 956. The summed E-state index contributed by atoms with van der Waals surface area (Å²) in [7, 11) is 0.424. The highest BCUT2D eigenvalue weighted by Gasteiger charge is 2.20. The number of methoxy groups -OCH3 is 1.